The van der Waals surface area contributed by atoms with Crippen LogP contribution in [0.25, 0.3) is 11.5 Å². The number of benzene rings is 1. The monoisotopic (exact) mass is 389 g/mol. The predicted octanol–water partition coefficient (Wildman–Crippen LogP) is 3.51. The molecule has 3 aromatic rings. The second-order valence-electron chi connectivity index (χ2n) is 6.40. The molecule has 0 amide bonds. The van der Waals surface area contributed by atoms with Gasteiger partial charge in [-0.05, 0) is 29.9 Å². The van der Waals surface area contributed by atoms with Crippen molar-refractivity contribution in [2.45, 2.75) is 24.5 Å². The first-order valence-electron chi connectivity index (χ1n) is 8.49. The Kier molecular flexibility index (Phi) is 4.88. The number of sulfonamides is 1. The van der Waals surface area contributed by atoms with E-state index in [-0.39, 0.29) is 11.7 Å². The Morgan fingerprint density at radius 2 is 2.04 bits per heavy atom. The molecule has 6 nitrogen and oxygen atoms in total. The van der Waals surface area contributed by atoms with E-state index >= 15 is 0 Å². The van der Waals surface area contributed by atoms with Crippen molar-refractivity contribution >= 4 is 21.4 Å². The Morgan fingerprint density at radius 3 is 2.81 bits per heavy atom. The average molecular weight is 390 g/mol. The Hall–Kier alpha value is -2.03. The molecule has 4 rings (SSSR count). The van der Waals surface area contributed by atoms with Gasteiger partial charge in [0.1, 0.15) is 0 Å². The lowest BCUT2D eigenvalue weighted by Crippen LogP contribution is -2.39. The number of aromatic nitrogens is 2. The Morgan fingerprint density at radius 1 is 1.19 bits per heavy atom. The van der Waals surface area contributed by atoms with Gasteiger partial charge in [0.2, 0.25) is 21.8 Å². The third-order valence-corrected chi connectivity index (χ3v) is 7.03. The molecule has 8 heteroatoms. The van der Waals surface area contributed by atoms with Gasteiger partial charge >= 0.3 is 0 Å². The highest BCUT2D eigenvalue weighted by atomic mass is 32.2. The zero-order valence-electron chi connectivity index (χ0n) is 14.1. The molecule has 2 aromatic heterocycles. The van der Waals surface area contributed by atoms with Crippen LogP contribution in [0.2, 0.25) is 0 Å². The van der Waals surface area contributed by atoms with Crippen molar-refractivity contribution in [3.8, 4) is 11.5 Å². The van der Waals surface area contributed by atoms with Gasteiger partial charge in [0.25, 0.3) is 0 Å². The summed E-state index contributed by atoms with van der Waals surface area (Å²) in [6.07, 6.45) is 1.64. The third kappa shape index (κ3) is 3.72. The van der Waals surface area contributed by atoms with E-state index in [1.165, 1.54) is 0 Å². The van der Waals surface area contributed by atoms with Gasteiger partial charge in [-0.3, -0.25) is 0 Å². The molecule has 1 atom stereocenters. The van der Waals surface area contributed by atoms with Crippen LogP contribution in [-0.2, 0) is 15.8 Å². The lowest BCUT2D eigenvalue weighted by Gasteiger charge is -2.30. The molecule has 3 heterocycles. The highest BCUT2D eigenvalue weighted by molar-refractivity contribution is 7.88. The molecular formula is C18H19N3O3S2. The van der Waals surface area contributed by atoms with Crippen LogP contribution >= 0.6 is 11.3 Å². The minimum atomic E-state index is -3.37. The smallest absolute Gasteiger partial charge is 0.248 e. The van der Waals surface area contributed by atoms with Gasteiger partial charge in [-0.2, -0.15) is 11.3 Å². The van der Waals surface area contributed by atoms with Crippen molar-refractivity contribution in [2.75, 3.05) is 13.1 Å². The fourth-order valence-electron chi connectivity index (χ4n) is 3.18. The van der Waals surface area contributed by atoms with Crippen LogP contribution in [-0.4, -0.2) is 36.0 Å². The number of thiophene rings is 1. The van der Waals surface area contributed by atoms with Gasteiger partial charge in [0.05, 0.1) is 11.7 Å². The number of piperidine rings is 1. The highest BCUT2D eigenvalue weighted by Gasteiger charge is 2.32. The number of nitrogens with zero attached hydrogens (tertiary/aromatic N) is 3. The van der Waals surface area contributed by atoms with Crippen molar-refractivity contribution in [1.82, 2.24) is 14.5 Å². The molecular weight excluding hydrogens is 370 g/mol. The van der Waals surface area contributed by atoms with Gasteiger partial charge in [-0.1, -0.05) is 30.3 Å². The topological polar surface area (TPSA) is 76.3 Å². The standard InChI is InChI=1S/C18H19N3O3S2/c22-26(23,13-14-5-2-1-3-6-14)21-9-4-7-15(11-21)17-19-20-18(24-17)16-8-10-25-12-16/h1-3,5-6,8,10,12,15H,4,7,9,11,13H2. The van der Waals surface area contributed by atoms with E-state index in [0.29, 0.717) is 24.9 Å². The van der Waals surface area contributed by atoms with Crippen molar-refractivity contribution in [1.29, 1.82) is 0 Å². The summed E-state index contributed by atoms with van der Waals surface area (Å²) in [6, 6.07) is 11.2. The zero-order chi connectivity index (χ0) is 18.0. The predicted molar refractivity (Wildman–Crippen MR) is 100 cm³/mol. The molecule has 0 aliphatic carbocycles. The summed E-state index contributed by atoms with van der Waals surface area (Å²) < 4.78 is 32.9. The van der Waals surface area contributed by atoms with Gasteiger partial charge < -0.3 is 4.42 Å². The zero-order valence-corrected chi connectivity index (χ0v) is 15.7. The normalized spacial score (nSPS) is 18.8. The number of hydrogen-bond acceptors (Lipinski definition) is 6. The first-order chi connectivity index (χ1) is 12.6. The van der Waals surface area contributed by atoms with Gasteiger partial charge in [0.15, 0.2) is 0 Å². The maximum atomic E-state index is 12.8. The van der Waals surface area contributed by atoms with Gasteiger partial charge in [0, 0.05) is 24.0 Å². The van der Waals surface area contributed by atoms with Crippen LogP contribution in [0.4, 0.5) is 0 Å². The average Bonchev–Trinajstić information content (AvgIpc) is 3.34. The summed E-state index contributed by atoms with van der Waals surface area (Å²) in [5.74, 6) is 0.968. The van der Waals surface area contributed by atoms with Crippen LogP contribution in [0.15, 0.2) is 51.6 Å². The molecule has 0 spiro atoms. The quantitative estimate of drug-likeness (QED) is 0.667. The van der Waals surface area contributed by atoms with Crippen LogP contribution in [0.1, 0.15) is 30.2 Å². The van der Waals surface area contributed by atoms with E-state index < -0.39 is 10.0 Å². The molecule has 1 aliphatic heterocycles. The lowest BCUT2D eigenvalue weighted by molar-refractivity contribution is 0.286. The van der Waals surface area contributed by atoms with Crippen LogP contribution in [0, 0.1) is 0 Å². The second kappa shape index (κ2) is 7.30. The van der Waals surface area contributed by atoms with Gasteiger partial charge in [-0.15, -0.1) is 10.2 Å². The van der Waals surface area contributed by atoms with E-state index in [9.17, 15) is 8.42 Å². The van der Waals surface area contributed by atoms with Crippen LogP contribution < -0.4 is 0 Å². The molecule has 1 aromatic carbocycles. The molecule has 26 heavy (non-hydrogen) atoms. The van der Waals surface area contributed by atoms with Crippen LogP contribution in [0.3, 0.4) is 0 Å². The van der Waals surface area contributed by atoms with E-state index in [1.807, 2.05) is 47.2 Å². The minimum absolute atomic E-state index is 0.0184. The van der Waals surface area contributed by atoms with Gasteiger partial charge in [-0.25, -0.2) is 12.7 Å². The fraction of sp³-hybridized carbons (Fsp3) is 0.333. The summed E-state index contributed by atoms with van der Waals surface area (Å²) in [5, 5.41) is 12.2. The molecule has 1 fully saturated rings. The lowest BCUT2D eigenvalue weighted by atomic mass is 10.00. The highest BCUT2D eigenvalue weighted by Crippen LogP contribution is 2.30. The molecule has 0 N–H and O–H groups in total. The minimum Gasteiger partial charge on any atom is -0.420 e. The molecule has 1 saturated heterocycles. The maximum absolute atomic E-state index is 12.8. The molecule has 0 saturated carbocycles. The van der Waals surface area contributed by atoms with Crippen molar-refractivity contribution in [2.24, 2.45) is 0 Å². The Balaban J connectivity index is 1.49. The van der Waals surface area contributed by atoms with E-state index in [1.54, 1.807) is 15.6 Å². The van der Waals surface area contributed by atoms with E-state index in [0.717, 1.165) is 24.0 Å². The summed E-state index contributed by atoms with van der Waals surface area (Å²) in [4.78, 5) is 0. The first kappa shape index (κ1) is 17.4. The number of hydrogen-bond donors (Lipinski definition) is 0. The third-order valence-electron chi connectivity index (χ3n) is 4.53. The van der Waals surface area contributed by atoms with Crippen molar-refractivity contribution < 1.29 is 12.8 Å². The summed E-state index contributed by atoms with van der Waals surface area (Å²) >= 11 is 1.57. The second-order valence-corrected chi connectivity index (χ2v) is 9.15. The molecule has 0 bridgehead atoms. The summed E-state index contributed by atoms with van der Waals surface area (Å²) in [7, 11) is -3.37. The number of rotatable bonds is 5. The van der Waals surface area contributed by atoms with Crippen molar-refractivity contribution in [3.05, 3.63) is 58.6 Å². The largest absolute Gasteiger partial charge is 0.420 e. The van der Waals surface area contributed by atoms with E-state index in [4.69, 9.17) is 4.42 Å². The summed E-state index contributed by atoms with van der Waals surface area (Å²) in [6.45, 7) is 0.928. The van der Waals surface area contributed by atoms with Crippen molar-refractivity contribution in [3.63, 3.8) is 0 Å². The molecule has 136 valence electrons. The first-order valence-corrected chi connectivity index (χ1v) is 11.0. The Bertz CT molecular complexity index is 953. The Labute approximate surface area is 156 Å². The van der Waals surface area contributed by atoms with Crippen LogP contribution in [0.5, 0.6) is 0 Å². The fourth-order valence-corrected chi connectivity index (χ4v) is 5.42. The molecule has 0 radical (unpaired) electrons. The maximum Gasteiger partial charge on any atom is 0.248 e. The molecule has 1 aliphatic rings. The SMILES string of the molecule is O=S(=O)(Cc1ccccc1)N1CCCC(c2nnc(-c3ccsc3)o2)C1. The van der Waals surface area contributed by atoms with E-state index in [2.05, 4.69) is 10.2 Å². The summed E-state index contributed by atoms with van der Waals surface area (Å²) in [5.41, 5.74) is 1.70. The molecule has 1 unspecified atom stereocenters.